The molecule has 318 valence electrons. The van der Waals surface area contributed by atoms with Crippen molar-refractivity contribution in [1.29, 1.82) is 0 Å². The highest BCUT2D eigenvalue weighted by atomic mass is 32.1. The summed E-state index contributed by atoms with van der Waals surface area (Å²) in [6, 6.07) is 88.3. The Morgan fingerprint density at radius 3 is 0.897 bits per heavy atom. The molecule has 0 aliphatic carbocycles. The Morgan fingerprint density at radius 2 is 0.515 bits per heavy atom. The fraction of sp³-hybridized carbons (Fsp3) is 0. The molecule has 2 heterocycles. The highest BCUT2D eigenvalue weighted by Crippen LogP contribution is 2.47. The van der Waals surface area contributed by atoms with Gasteiger partial charge in [-0.3, -0.25) is 0 Å². The molecule has 0 saturated heterocycles. The first-order valence-corrected chi connectivity index (χ1v) is 24.6. The predicted molar refractivity (Wildman–Crippen MR) is 291 cm³/mol. The zero-order valence-corrected chi connectivity index (χ0v) is 38.4. The highest BCUT2D eigenvalue weighted by molar-refractivity contribution is 7.22. The van der Waals surface area contributed by atoms with Crippen molar-refractivity contribution in [3.05, 3.63) is 243 Å². The Bertz CT molecular complexity index is 3630. The number of aromatic nitrogens is 2. The predicted octanol–water partition coefficient (Wildman–Crippen LogP) is 18.5. The maximum atomic E-state index is 4.95. The van der Waals surface area contributed by atoms with Crippen molar-refractivity contribution < 1.29 is 0 Å². The van der Waals surface area contributed by atoms with Gasteiger partial charge in [-0.15, -0.1) is 22.7 Å². The first kappa shape index (κ1) is 40.0. The van der Waals surface area contributed by atoms with Gasteiger partial charge in [0.05, 0.1) is 20.4 Å². The van der Waals surface area contributed by atoms with Crippen LogP contribution < -0.4 is 0 Å². The summed E-state index contributed by atoms with van der Waals surface area (Å²) in [6.07, 6.45) is 0. The van der Waals surface area contributed by atoms with Crippen LogP contribution in [0.1, 0.15) is 0 Å². The van der Waals surface area contributed by atoms with E-state index in [2.05, 4.69) is 243 Å². The molecule has 0 N–H and O–H groups in total. The number of hydrogen-bond acceptors (Lipinski definition) is 4. The number of nitrogens with zero attached hydrogens (tertiary/aromatic N) is 2. The molecule has 0 fully saturated rings. The van der Waals surface area contributed by atoms with Crippen LogP contribution >= 0.6 is 22.7 Å². The van der Waals surface area contributed by atoms with E-state index >= 15 is 0 Å². The molecule has 11 aromatic carbocycles. The van der Waals surface area contributed by atoms with Gasteiger partial charge in [0.2, 0.25) is 0 Å². The summed E-state index contributed by atoms with van der Waals surface area (Å²) >= 11 is 3.48. The lowest BCUT2D eigenvalue weighted by Crippen LogP contribution is -1.93. The van der Waals surface area contributed by atoms with Crippen molar-refractivity contribution >= 4 is 64.7 Å². The van der Waals surface area contributed by atoms with Gasteiger partial charge in [0.15, 0.2) is 0 Å². The molecule has 0 aliphatic heterocycles. The van der Waals surface area contributed by atoms with Crippen LogP contribution in [0.5, 0.6) is 0 Å². The SMILES string of the molecule is c1ccc(-c2ccc(-c3c4ccc(-c5ccc(-c6nc7ccccc7s6)cc5)cc4c(-c4ccc(-c5ccccc5)cc4)c4ccc(-c5ccc(-c6nc7ccccc7s6)cc5)cc34)cc2)cc1. The van der Waals surface area contributed by atoms with Gasteiger partial charge in [-0.05, 0) is 125 Å². The Morgan fingerprint density at radius 1 is 0.221 bits per heavy atom. The molecule has 0 spiro atoms. The molecular formula is C64H40N2S2. The zero-order chi connectivity index (χ0) is 45.0. The molecule has 0 bridgehead atoms. The monoisotopic (exact) mass is 900 g/mol. The normalized spacial score (nSPS) is 11.5. The van der Waals surface area contributed by atoms with Crippen LogP contribution in [0.2, 0.25) is 0 Å². The molecule has 0 amide bonds. The first-order valence-electron chi connectivity index (χ1n) is 22.9. The Balaban J connectivity index is 1.000. The summed E-state index contributed by atoms with van der Waals surface area (Å²) < 4.78 is 2.41. The van der Waals surface area contributed by atoms with Gasteiger partial charge < -0.3 is 0 Å². The number of para-hydroxylation sites is 2. The average Bonchev–Trinajstić information content (AvgIpc) is 4.06. The second-order valence-corrected chi connectivity index (χ2v) is 19.3. The fourth-order valence-corrected chi connectivity index (χ4v) is 11.7. The Labute approximate surface area is 402 Å². The summed E-state index contributed by atoms with van der Waals surface area (Å²) in [6.45, 7) is 0. The molecular weight excluding hydrogens is 861 g/mol. The summed E-state index contributed by atoms with van der Waals surface area (Å²) in [5.41, 5.74) is 18.6. The van der Waals surface area contributed by atoms with E-state index < -0.39 is 0 Å². The lowest BCUT2D eigenvalue weighted by Gasteiger charge is -2.20. The molecule has 68 heavy (non-hydrogen) atoms. The number of thiazole rings is 2. The summed E-state index contributed by atoms with van der Waals surface area (Å²) in [7, 11) is 0. The van der Waals surface area contributed by atoms with Crippen molar-refractivity contribution in [2.75, 3.05) is 0 Å². The molecule has 0 unspecified atom stereocenters. The van der Waals surface area contributed by atoms with Crippen LogP contribution in [-0.2, 0) is 0 Å². The van der Waals surface area contributed by atoms with E-state index in [4.69, 9.17) is 9.97 Å². The van der Waals surface area contributed by atoms with Crippen molar-refractivity contribution in [1.82, 2.24) is 9.97 Å². The Kier molecular flexibility index (Phi) is 9.93. The van der Waals surface area contributed by atoms with Crippen molar-refractivity contribution in [2.24, 2.45) is 0 Å². The van der Waals surface area contributed by atoms with Crippen LogP contribution in [-0.4, -0.2) is 9.97 Å². The van der Waals surface area contributed by atoms with E-state index in [1.807, 2.05) is 0 Å². The van der Waals surface area contributed by atoms with E-state index in [1.165, 1.54) is 97.7 Å². The van der Waals surface area contributed by atoms with E-state index in [-0.39, 0.29) is 0 Å². The van der Waals surface area contributed by atoms with Gasteiger partial charge in [-0.25, -0.2) is 9.97 Å². The van der Waals surface area contributed by atoms with Crippen molar-refractivity contribution in [2.45, 2.75) is 0 Å². The Hall–Kier alpha value is -8.28. The van der Waals surface area contributed by atoms with Crippen LogP contribution in [0.15, 0.2) is 243 Å². The molecule has 0 atom stereocenters. The molecule has 0 saturated carbocycles. The van der Waals surface area contributed by atoms with E-state index in [1.54, 1.807) is 22.7 Å². The van der Waals surface area contributed by atoms with Crippen LogP contribution in [0.4, 0.5) is 0 Å². The maximum absolute atomic E-state index is 4.95. The number of benzene rings is 11. The third-order valence-corrected chi connectivity index (χ3v) is 15.4. The van der Waals surface area contributed by atoms with Crippen molar-refractivity contribution in [3.8, 4) is 87.9 Å². The topological polar surface area (TPSA) is 25.8 Å². The van der Waals surface area contributed by atoms with Gasteiger partial charge in [0.1, 0.15) is 10.0 Å². The zero-order valence-electron chi connectivity index (χ0n) is 36.8. The van der Waals surface area contributed by atoms with E-state index in [0.29, 0.717) is 0 Å². The van der Waals surface area contributed by atoms with Gasteiger partial charge in [0, 0.05) is 11.1 Å². The van der Waals surface area contributed by atoms with Crippen LogP contribution in [0.3, 0.4) is 0 Å². The lowest BCUT2D eigenvalue weighted by atomic mass is 9.83. The molecule has 2 aromatic heterocycles. The molecule has 4 heteroatoms. The van der Waals surface area contributed by atoms with Crippen LogP contribution in [0, 0.1) is 0 Å². The summed E-state index contributed by atoms with van der Waals surface area (Å²) in [4.78, 5) is 9.90. The number of hydrogen-bond donors (Lipinski definition) is 0. The second kappa shape index (κ2) is 16.9. The summed E-state index contributed by atoms with van der Waals surface area (Å²) in [5, 5.41) is 6.93. The molecule has 13 rings (SSSR count). The number of rotatable bonds is 8. The third kappa shape index (κ3) is 7.28. The smallest absolute Gasteiger partial charge is 0.124 e. The highest BCUT2D eigenvalue weighted by Gasteiger charge is 2.20. The minimum absolute atomic E-state index is 1.04. The quantitative estimate of drug-likeness (QED) is 0.142. The lowest BCUT2D eigenvalue weighted by molar-refractivity contribution is 1.47. The fourth-order valence-electron chi connectivity index (χ4n) is 9.73. The van der Waals surface area contributed by atoms with Crippen LogP contribution in [0.25, 0.3) is 130 Å². The maximum Gasteiger partial charge on any atom is 0.124 e. The van der Waals surface area contributed by atoms with Gasteiger partial charge in [-0.2, -0.15) is 0 Å². The minimum atomic E-state index is 1.04. The number of fused-ring (bicyclic) bond motifs is 4. The third-order valence-electron chi connectivity index (χ3n) is 13.2. The van der Waals surface area contributed by atoms with Gasteiger partial charge in [-0.1, -0.05) is 206 Å². The van der Waals surface area contributed by atoms with E-state index in [9.17, 15) is 0 Å². The van der Waals surface area contributed by atoms with Gasteiger partial charge in [0.25, 0.3) is 0 Å². The van der Waals surface area contributed by atoms with Crippen molar-refractivity contribution in [3.63, 3.8) is 0 Å². The molecule has 13 aromatic rings. The summed E-state index contributed by atoms with van der Waals surface area (Å²) in [5.74, 6) is 0. The van der Waals surface area contributed by atoms with E-state index in [0.717, 1.165) is 32.2 Å². The molecule has 0 aliphatic rings. The molecule has 0 radical (unpaired) electrons. The average molecular weight is 901 g/mol. The first-order chi connectivity index (χ1) is 33.7. The van der Waals surface area contributed by atoms with Gasteiger partial charge >= 0.3 is 0 Å². The largest absolute Gasteiger partial charge is 0.236 e. The standard InChI is InChI=1S/C64H40N2S2/c1-3-11-41(12-4-1)43-19-27-47(28-20-43)61-53-37-35-52(46-25-33-50(34-26-46)64-66-58-16-8-10-18-60(58)68-64)40-56(53)62(48-29-21-44(22-30-48)42-13-5-2-6-14-42)54-38-36-51(39-55(54)61)45-23-31-49(32-24-45)63-65-57-15-7-9-17-59(57)67-63/h1-40H. The minimum Gasteiger partial charge on any atom is -0.236 e. The second-order valence-electron chi connectivity index (χ2n) is 17.3. The molecule has 2 nitrogen and oxygen atoms in total.